The van der Waals surface area contributed by atoms with E-state index in [9.17, 15) is 39.3 Å². The van der Waals surface area contributed by atoms with Gasteiger partial charge in [-0.15, -0.1) is 20.4 Å². The van der Waals surface area contributed by atoms with Crippen molar-refractivity contribution in [2.45, 2.75) is 76.2 Å². The van der Waals surface area contributed by atoms with E-state index in [2.05, 4.69) is 47.0 Å². The van der Waals surface area contributed by atoms with Crippen LogP contribution in [-0.2, 0) is 70.1 Å². The minimum Gasteiger partial charge on any atom is -0.481 e. The van der Waals surface area contributed by atoms with E-state index >= 15 is 0 Å². The molecule has 4 atom stereocenters. The molecule has 24 heteroatoms. The summed E-state index contributed by atoms with van der Waals surface area (Å²) in [7, 11) is 0. The Labute approximate surface area is 412 Å². The molecule has 1 aromatic heterocycles. The molecule has 4 unspecified atom stereocenters. The Balaban J connectivity index is 0.912. The number of aliphatic carboxylic acids is 3. The summed E-state index contributed by atoms with van der Waals surface area (Å²) in [6.45, 7) is 7.65. The minimum atomic E-state index is -1.05. The van der Waals surface area contributed by atoms with Crippen molar-refractivity contribution in [2.75, 3.05) is 111 Å². The van der Waals surface area contributed by atoms with Gasteiger partial charge < -0.3 is 75.1 Å². The van der Waals surface area contributed by atoms with E-state index in [1.54, 1.807) is 31.2 Å². The highest BCUT2D eigenvalue weighted by molar-refractivity contribution is 5.90. The monoisotopic (exact) mass is 999 g/mol. The molecule has 0 spiro atoms. The van der Waals surface area contributed by atoms with Gasteiger partial charge in [0.05, 0.1) is 118 Å². The Morgan fingerprint density at radius 2 is 0.986 bits per heavy atom. The number of carbonyl (C=O) groups is 5. The molecule has 392 valence electrons. The van der Waals surface area contributed by atoms with Crippen LogP contribution in [0.4, 0.5) is 5.69 Å². The van der Waals surface area contributed by atoms with Crippen LogP contribution in [0.3, 0.4) is 0 Å². The smallest absolute Gasteiger partial charge is 0.304 e. The van der Waals surface area contributed by atoms with Crippen molar-refractivity contribution in [3.05, 3.63) is 65.5 Å². The Bertz CT molecular complexity index is 2000. The highest BCUT2D eigenvalue weighted by Gasteiger charge is 2.30. The van der Waals surface area contributed by atoms with Crippen LogP contribution in [-0.4, -0.2) is 195 Å². The van der Waals surface area contributed by atoms with Crippen LogP contribution in [0.15, 0.2) is 48.5 Å². The van der Waals surface area contributed by atoms with Crippen LogP contribution < -0.4 is 26.6 Å². The SMILES string of the molecule is Cc1nnc(-c2ccc(CNC(=O)CCOCCOCCOCCOCCOCCOCCOCCC(=O)Nc3ccc(CC4NC(CC(=O)O)CNC(CC(=O)O)CNC4CC(=O)O)cc3)cc2)nn1. The summed E-state index contributed by atoms with van der Waals surface area (Å²) in [4.78, 5) is 59.4. The van der Waals surface area contributed by atoms with Gasteiger partial charge in [0.15, 0.2) is 5.82 Å². The van der Waals surface area contributed by atoms with E-state index in [0.717, 1.165) is 16.7 Å². The van der Waals surface area contributed by atoms with Crippen LogP contribution in [0, 0.1) is 6.92 Å². The van der Waals surface area contributed by atoms with E-state index in [-0.39, 0.29) is 63.6 Å². The molecule has 0 radical (unpaired) electrons. The molecule has 0 aliphatic carbocycles. The molecule has 1 aliphatic heterocycles. The summed E-state index contributed by atoms with van der Waals surface area (Å²) in [5.41, 5.74) is 3.12. The molecule has 8 N–H and O–H groups in total. The quantitative estimate of drug-likeness (QED) is 0.0370. The summed E-state index contributed by atoms with van der Waals surface area (Å²) < 4.78 is 38.5. The number of aryl methyl sites for hydroxylation is 1. The lowest BCUT2D eigenvalue weighted by molar-refractivity contribution is -0.139. The first-order chi connectivity index (χ1) is 34.4. The molecule has 4 rings (SSSR count). The number of carbonyl (C=O) groups excluding carboxylic acids is 2. The zero-order valence-corrected chi connectivity index (χ0v) is 40.2. The lowest BCUT2D eigenvalue weighted by Crippen LogP contribution is -2.54. The van der Waals surface area contributed by atoms with Crippen molar-refractivity contribution in [1.82, 2.24) is 41.7 Å². The van der Waals surface area contributed by atoms with Crippen molar-refractivity contribution >= 4 is 35.4 Å². The van der Waals surface area contributed by atoms with Gasteiger partial charge >= 0.3 is 17.9 Å². The number of carboxylic acids is 3. The van der Waals surface area contributed by atoms with Gasteiger partial charge in [-0.3, -0.25) is 24.0 Å². The zero-order valence-electron chi connectivity index (χ0n) is 40.2. The van der Waals surface area contributed by atoms with Crippen LogP contribution in [0.2, 0.25) is 0 Å². The summed E-state index contributed by atoms with van der Waals surface area (Å²) in [5.74, 6) is -2.52. The fourth-order valence-corrected chi connectivity index (χ4v) is 7.00. The van der Waals surface area contributed by atoms with Crippen molar-refractivity contribution in [2.24, 2.45) is 0 Å². The maximum absolute atomic E-state index is 12.5. The molecule has 0 bridgehead atoms. The number of hydrogen-bond acceptors (Lipinski definition) is 19. The number of nitrogens with one attached hydrogen (secondary N) is 5. The van der Waals surface area contributed by atoms with E-state index in [1.165, 1.54) is 0 Å². The van der Waals surface area contributed by atoms with Crippen LogP contribution >= 0.6 is 0 Å². The maximum Gasteiger partial charge on any atom is 0.304 e. The van der Waals surface area contributed by atoms with E-state index in [1.807, 2.05) is 24.3 Å². The fourth-order valence-electron chi connectivity index (χ4n) is 7.00. The molecular weight excluding hydrogens is 931 g/mol. The number of hydrogen-bond donors (Lipinski definition) is 8. The molecule has 71 heavy (non-hydrogen) atoms. The van der Waals surface area contributed by atoms with Gasteiger partial charge in [0.2, 0.25) is 17.6 Å². The average molecular weight is 1000 g/mol. The topological polar surface area (TPSA) is 322 Å². The number of carboxylic acid groups (broad SMARTS) is 3. The molecule has 2 aromatic carbocycles. The average Bonchev–Trinajstić information content (AvgIpc) is 3.40. The lowest BCUT2D eigenvalue weighted by atomic mass is 9.95. The Kier molecular flexibility index (Phi) is 28.2. The van der Waals surface area contributed by atoms with Crippen molar-refractivity contribution < 1.29 is 72.5 Å². The van der Waals surface area contributed by atoms with Crippen LogP contribution in [0.1, 0.15) is 49.1 Å². The lowest BCUT2D eigenvalue weighted by Gasteiger charge is -2.30. The van der Waals surface area contributed by atoms with Gasteiger partial charge in [-0.1, -0.05) is 36.4 Å². The van der Waals surface area contributed by atoms with Gasteiger partial charge in [0.1, 0.15) is 0 Å². The third-order valence-corrected chi connectivity index (χ3v) is 10.6. The van der Waals surface area contributed by atoms with Gasteiger partial charge in [-0.2, -0.15) is 0 Å². The molecule has 1 aliphatic rings. The Hall–Kier alpha value is -5.67. The van der Waals surface area contributed by atoms with E-state index in [0.29, 0.717) is 116 Å². The molecule has 2 amide bonds. The van der Waals surface area contributed by atoms with Gasteiger partial charge in [-0.25, -0.2) is 0 Å². The Morgan fingerprint density at radius 3 is 1.49 bits per heavy atom. The number of ether oxygens (including phenoxy) is 7. The predicted octanol–water partition coefficient (Wildman–Crippen LogP) is 0.617. The number of anilines is 1. The standard InChI is InChI=1S/C47H69N9O15/c1-33-53-55-47(56-54-33)36-6-2-35(3-7-36)30-50-42(57)10-12-65-14-16-67-18-20-69-22-24-71-25-23-70-21-19-68-17-15-66-13-11-43(58)52-37-8-4-34(5-9-37)26-41-40(29-46(63)64)49-31-38(27-44(59)60)48-32-39(51-41)28-45(61)62/h2-9,38-41,48-49,51H,10-32H2,1H3,(H,50,57)(H,52,58)(H,59,60)(H,61,62)(H,63,64). The summed E-state index contributed by atoms with van der Waals surface area (Å²) in [6.07, 6.45) is -0.00226. The highest BCUT2D eigenvalue weighted by Crippen LogP contribution is 2.17. The first-order valence-electron chi connectivity index (χ1n) is 23.6. The third kappa shape index (κ3) is 26.4. The molecule has 2 heterocycles. The van der Waals surface area contributed by atoms with Crippen LogP contribution in [0.5, 0.6) is 0 Å². The van der Waals surface area contributed by atoms with E-state index in [4.69, 9.17) is 33.2 Å². The summed E-state index contributed by atoms with van der Waals surface area (Å²) in [5, 5.41) is 59.6. The summed E-state index contributed by atoms with van der Waals surface area (Å²) in [6, 6.07) is 12.4. The molecule has 1 fully saturated rings. The third-order valence-electron chi connectivity index (χ3n) is 10.6. The van der Waals surface area contributed by atoms with Crippen molar-refractivity contribution in [3.8, 4) is 11.4 Å². The molecular formula is C47H69N9O15. The molecule has 24 nitrogen and oxygen atoms in total. The second-order valence-corrected chi connectivity index (χ2v) is 16.4. The highest BCUT2D eigenvalue weighted by atomic mass is 16.6. The normalized spacial score (nSPS) is 17.1. The second kappa shape index (κ2) is 34.6. The number of amides is 2. The van der Waals surface area contributed by atoms with Crippen LogP contribution in [0.25, 0.3) is 11.4 Å². The van der Waals surface area contributed by atoms with Crippen molar-refractivity contribution in [1.29, 1.82) is 0 Å². The summed E-state index contributed by atoms with van der Waals surface area (Å²) >= 11 is 0. The van der Waals surface area contributed by atoms with Gasteiger partial charge in [-0.05, 0) is 36.6 Å². The van der Waals surface area contributed by atoms with Gasteiger partial charge in [0.25, 0.3) is 0 Å². The maximum atomic E-state index is 12.5. The molecule has 1 saturated heterocycles. The number of benzene rings is 2. The Morgan fingerprint density at radius 1 is 0.535 bits per heavy atom. The zero-order chi connectivity index (χ0) is 50.9. The number of nitrogens with zero attached hydrogens (tertiary/aromatic N) is 4. The second-order valence-electron chi connectivity index (χ2n) is 16.4. The first kappa shape index (κ1) is 57.9. The molecule has 0 saturated carbocycles. The fraction of sp³-hybridized carbons (Fsp3) is 0.596. The molecule has 3 aromatic rings. The number of aromatic nitrogens is 4. The van der Waals surface area contributed by atoms with Gasteiger partial charge in [0, 0.05) is 61.5 Å². The predicted molar refractivity (Wildman–Crippen MR) is 254 cm³/mol. The number of rotatable bonds is 36. The van der Waals surface area contributed by atoms with E-state index < -0.39 is 42.1 Å². The minimum absolute atomic E-state index is 0.110. The first-order valence-corrected chi connectivity index (χ1v) is 23.6. The largest absolute Gasteiger partial charge is 0.481 e. The van der Waals surface area contributed by atoms with Crippen molar-refractivity contribution in [3.63, 3.8) is 0 Å².